The summed E-state index contributed by atoms with van der Waals surface area (Å²) in [5.74, 6) is -1.20. The molecule has 8 heteroatoms. The van der Waals surface area contributed by atoms with Gasteiger partial charge < -0.3 is 10.4 Å². The van der Waals surface area contributed by atoms with Gasteiger partial charge in [0.05, 0.1) is 12.5 Å². The van der Waals surface area contributed by atoms with Crippen LogP contribution in [0.4, 0.5) is 0 Å². The van der Waals surface area contributed by atoms with E-state index in [1.165, 1.54) is 9.08 Å². The number of carboxylic acid groups (broad SMARTS) is 1. The zero-order chi connectivity index (χ0) is 17.1. The number of carbonyl (C=O) groups is 2. The molecule has 1 aliphatic rings. The van der Waals surface area contributed by atoms with E-state index in [1.54, 1.807) is 24.4 Å². The number of hydrogen-bond donors (Lipinski definition) is 2. The van der Waals surface area contributed by atoms with Crippen molar-refractivity contribution < 1.29 is 14.7 Å². The van der Waals surface area contributed by atoms with Crippen LogP contribution in [0.25, 0.3) is 5.65 Å². The molecule has 1 aliphatic carbocycles. The van der Waals surface area contributed by atoms with E-state index in [2.05, 4.69) is 10.4 Å². The Morgan fingerprint density at radius 3 is 2.67 bits per heavy atom. The molecule has 0 saturated heterocycles. The van der Waals surface area contributed by atoms with Gasteiger partial charge in [-0.05, 0) is 37.8 Å². The Hall–Kier alpha value is -2.64. The Morgan fingerprint density at radius 2 is 2.00 bits per heavy atom. The molecule has 2 N–H and O–H groups in total. The van der Waals surface area contributed by atoms with Crippen LogP contribution in [-0.2, 0) is 16.1 Å². The predicted octanol–water partition coefficient (Wildman–Crippen LogP) is 0.646. The van der Waals surface area contributed by atoms with Crippen molar-refractivity contribution in [1.82, 2.24) is 19.5 Å². The number of aryl methyl sites for hydroxylation is 1. The third-order valence-electron chi connectivity index (χ3n) is 4.48. The average molecular weight is 332 g/mol. The first kappa shape index (κ1) is 16.2. The highest BCUT2D eigenvalue weighted by molar-refractivity contribution is 5.76. The van der Waals surface area contributed by atoms with Crippen molar-refractivity contribution in [3.63, 3.8) is 0 Å². The van der Waals surface area contributed by atoms with Crippen LogP contribution in [-0.4, -0.2) is 37.2 Å². The average Bonchev–Trinajstić information content (AvgIpc) is 2.90. The summed E-state index contributed by atoms with van der Waals surface area (Å²) in [5, 5.41) is 16.1. The molecule has 0 radical (unpaired) electrons. The van der Waals surface area contributed by atoms with E-state index in [0.717, 1.165) is 0 Å². The normalized spacial score (nSPS) is 20.8. The summed E-state index contributed by atoms with van der Waals surface area (Å²) in [7, 11) is 0. The number of rotatable bonds is 5. The van der Waals surface area contributed by atoms with E-state index in [9.17, 15) is 14.4 Å². The van der Waals surface area contributed by atoms with Crippen LogP contribution in [0.1, 0.15) is 32.1 Å². The van der Waals surface area contributed by atoms with Crippen LogP contribution in [0, 0.1) is 5.92 Å². The second-order valence-electron chi connectivity index (χ2n) is 6.14. The standard InChI is InChI=1S/C16H20N4O4/c21-14(17-12-6-4-11(5-7-12)15(22)23)8-10-20-16(24)19-9-2-1-3-13(19)18-20/h1-3,9,11-12H,4-8,10H2,(H,17,21)(H,22,23). The van der Waals surface area contributed by atoms with Crippen LogP contribution in [0.5, 0.6) is 0 Å². The molecule has 0 unspecified atom stereocenters. The largest absolute Gasteiger partial charge is 0.481 e. The number of nitrogens with zero attached hydrogens (tertiary/aromatic N) is 3. The summed E-state index contributed by atoms with van der Waals surface area (Å²) >= 11 is 0. The van der Waals surface area contributed by atoms with Gasteiger partial charge in [-0.3, -0.25) is 14.0 Å². The third-order valence-corrected chi connectivity index (χ3v) is 4.48. The van der Waals surface area contributed by atoms with Gasteiger partial charge in [0.1, 0.15) is 0 Å². The number of amides is 1. The maximum Gasteiger partial charge on any atom is 0.350 e. The fourth-order valence-electron chi connectivity index (χ4n) is 3.11. The quantitative estimate of drug-likeness (QED) is 0.836. The van der Waals surface area contributed by atoms with Crippen molar-refractivity contribution in [2.24, 2.45) is 5.92 Å². The molecule has 1 fully saturated rings. The lowest BCUT2D eigenvalue weighted by molar-refractivity contribution is -0.142. The highest BCUT2D eigenvalue weighted by atomic mass is 16.4. The monoisotopic (exact) mass is 332 g/mol. The molecule has 1 saturated carbocycles. The Morgan fingerprint density at radius 1 is 1.25 bits per heavy atom. The van der Waals surface area contributed by atoms with Gasteiger partial charge in [-0.1, -0.05) is 6.07 Å². The molecule has 0 spiro atoms. The summed E-state index contributed by atoms with van der Waals surface area (Å²) in [6.07, 6.45) is 4.34. The minimum absolute atomic E-state index is 0.0193. The van der Waals surface area contributed by atoms with Crippen molar-refractivity contribution in [1.29, 1.82) is 0 Å². The van der Waals surface area contributed by atoms with Crippen LogP contribution in [0.3, 0.4) is 0 Å². The zero-order valence-electron chi connectivity index (χ0n) is 13.2. The van der Waals surface area contributed by atoms with Gasteiger partial charge in [0.2, 0.25) is 5.91 Å². The van der Waals surface area contributed by atoms with E-state index < -0.39 is 5.97 Å². The molecule has 128 valence electrons. The summed E-state index contributed by atoms with van der Waals surface area (Å²) < 4.78 is 2.72. The molecular weight excluding hydrogens is 312 g/mol. The fraction of sp³-hybridized carbons (Fsp3) is 0.500. The van der Waals surface area contributed by atoms with Crippen molar-refractivity contribution in [2.75, 3.05) is 0 Å². The van der Waals surface area contributed by atoms with Crippen LogP contribution in [0.2, 0.25) is 0 Å². The predicted molar refractivity (Wildman–Crippen MR) is 85.6 cm³/mol. The number of nitrogens with one attached hydrogen (secondary N) is 1. The first-order valence-corrected chi connectivity index (χ1v) is 8.11. The van der Waals surface area contributed by atoms with Gasteiger partial charge >= 0.3 is 11.7 Å². The van der Waals surface area contributed by atoms with Crippen LogP contribution < -0.4 is 11.0 Å². The molecule has 2 aromatic rings. The SMILES string of the molecule is O=C(CCn1nc2ccccn2c1=O)NC1CCC(C(=O)O)CC1. The Bertz CT molecular complexity index is 802. The fourth-order valence-corrected chi connectivity index (χ4v) is 3.11. The molecule has 8 nitrogen and oxygen atoms in total. The van der Waals surface area contributed by atoms with E-state index in [-0.39, 0.29) is 36.5 Å². The second-order valence-corrected chi connectivity index (χ2v) is 6.14. The van der Waals surface area contributed by atoms with Crippen molar-refractivity contribution in [3.8, 4) is 0 Å². The van der Waals surface area contributed by atoms with Gasteiger partial charge in [-0.25, -0.2) is 9.48 Å². The van der Waals surface area contributed by atoms with E-state index >= 15 is 0 Å². The number of carboxylic acids is 1. The van der Waals surface area contributed by atoms with Crippen LogP contribution in [0.15, 0.2) is 29.2 Å². The third kappa shape index (κ3) is 3.47. The number of hydrogen-bond acceptors (Lipinski definition) is 4. The zero-order valence-corrected chi connectivity index (χ0v) is 13.2. The lowest BCUT2D eigenvalue weighted by Crippen LogP contribution is -2.39. The van der Waals surface area contributed by atoms with Crippen molar-refractivity contribution >= 4 is 17.5 Å². The first-order valence-electron chi connectivity index (χ1n) is 8.11. The Balaban J connectivity index is 1.51. The summed E-state index contributed by atoms with van der Waals surface area (Å²) in [5.41, 5.74) is 0.287. The van der Waals surface area contributed by atoms with Crippen molar-refractivity contribution in [2.45, 2.75) is 44.7 Å². The molecule has 0 bridgehead atoms. The minimum atomic E-state index is -0.758. The lowest BCUT2D eigenvalue weighted by atomic mass is 9.86. The maximum absolute atomic E-state index is 12.1. The smallest absolute Gasteiger partial charge is 0.350 e. The van der Waals surface area contributed by atoms with E-state index in [1.807, 2.05) is 0 Å². The Labute approximate surface area is 138 Å². The molecule has 24 heavy (non-hydrogen) atoms. The minimum Gasteiger partial charge on any atom is -0.481 e. The number of fused-ring (bicyclic) bond motifs is 1. The number of pyridine rings is 1. The highest BCUT2D eigenvalue weighted by Gasteiger charge is 2.26. The van der Waals surface area contributed by atoms with Gasteiger partial charge in [-0.15, -0.1) is 5.10 Å². The Kier molecular flexibility index (Phi) is 4.64. The molecule has 2 heterocycles. The number of aromatic nitrogens is 3. The van der Waals surface area contributed by atoms with Gasteiger partial charge in [0, 0.05) is 18.7 Å². The van der Waals surface area contributed by atoms with E-state index in [4.69, 9.17) is 5.11 Å². The summed E-state index contributed by atoms with van der Waals surface area (Å²) in [6, 6.07) is 5.30. The number of carbonyl (C=O) groups excluding carboxylic acids is 1. The number of aliphatic carboxylic acids is 1. The molecule has 0 atom stereocenters. The second kappa shape index (κ2) is 6.86. The van der Waals surface area contributed by atoms with Gasteiger partial charge in [0.25, 0.3) is 0 Å². The van der Waals surface area contributed by atoms with Crippen LogP contribution >= 0.6 is 0 Å². The van der Waals surface area contributed by atoms with Gasteiger partial charge in [0.15, 0.2) is 5.65 Å². The van der Waals surface area contributed by atoms with Gasteiger partial charge in [-0.2, -0.15) is 0 Å². The first-order chi connectivity index (χ1) is 11.5. The molecule has 2 aromatic heterocycles. The van der Waals surface area contributed by atoms with Crippen molar-refractivity contribution in [3.05, 3.63) is 34.9 Å². The maximum atomic E-state index is 12.1. The summed E-state index contributed by atoms with van der Waals surface area (Å²) in [4.78, 5) is 35.1. The summed E-state index contributed by atoms with van der Waals surface area (Å²) in [6.45, 7) is 0.219. The topological polar surface area (TPSA) is 106 Å². The molecule has 0 aliphatic heterocycles. The molecule has 3 rings (SSSR count). The molecular formula is C16H20N4O4. The highest BCUT2D eigenvalue weighted by Crippen LogP contribution is 2.24. The molecule has 1 amide bonds. The van der Waals surface area contributed by atoms with E-state index in [0.29, 0.717) is 31.3 Å². The molecule has 0 aromatic carbocycles. The lowest BCUT2D eigenvalue weighted by Gasteiger charge is -2.26.